The quantitative estimate of drug-likeness (QED) is 0.0666. The zero-order chi connectivity index (χ0) is 92.5. The average Bonchev–Trinajstić information content (AvgIpc) is 0.676. The number of nitrogens with two attached hydrogens (primary N) is 3. The van der Waals surface area contributed by atoms with E-state index in [1.807, 2.05) is 0 Å². The summed E-state index contributed by atoms with van der Waals surface area (Å²) in [7, 11) is -1.25. The second-order valence-corrected chi connectivity index (χ2v) is 25.0. The van der Waals surface area contributed by atoms with Crippen LogP contribution < -0.4 is 45.6 Å². The predicted octanol–water partition coefficient (Wildman–Crippen LogP) is 10.7. The number of rotatable bonds is 21. The van der Waals surface area contributed by atoms with Gasteiger partial charge in [-0.15, -0.1) is 0 Å². The van der Waals surface area contributed by atoms with Crippen LogP contribution in [0.2, 0.25) is 0 Å². The van der Waals surface area contributed by atoms with Crippen molar-refractivity contribution in [2.24, 2.45) is 70.4 Å². The number of benzene rings is 3. The largest absolute Gasteiger partial charge is 0.493 e. The Hall–Kier alpha value is -5.37. The molecule has 6 heterocycles. The van der Waals surface area contributed by atoms with Crippen LogP contribution in [-0.4, -0.2) is 151 Å². The highest BCUT2D eigenvalue weighted by molar-refractivity contribution is 5.77. The van der Waals surface area contributed by atoms with Gasteiger partial charge in [0.2, 0.25) is 0 Å². The smallest absolute Gasteiger partial charge is 0.323 e. The van der Waals surface area contributed by atoms with E-state index in [1.165, 1.54) is 14.2 Å². The predicted molar refractivity (Wildman–Crippen MR) is 353 cm³/mol. The summed E-state index contributed by atoms with van der Waals surface area (Å²) in [6.07, 6.45) is -17.5. The lowest BCUT2D eigenvalue weighted by Gasteiger charge is -2.47. The van der Waals surface area contributed by atoms with Crippen molar-refractivity contribution in [1.82, 2.24) is 14.7 Å². The summed E-state index contributed by atoms with van der Waals surface area (Å²) in [6, 6.07) is -13.9. The number of esters is 3. The molecule has 12 atom stereocenters. The van der Waals surface area contributed by atoms with E-state index in [-0.39, 0.29) is 121 Å². The fourth-order valence-electron chi connectivity index (χ4n) is 10.4. The minimum Gasteiger partial charge on any atom is -0.493 e. The molecule has 0 aromatic heterocycles. The maximum atomic E-state index is 13.1. The van der Waals surface area contributed by atoms with Gasteiger partial charge < -0.3 is 59.8 Å². The highest BCUT2D eigenvalue weighted by atomic mass is 16.6. The normalized spacial score (nSPS) is 38.3. The Morgan fingerprint density at radius 1 is 0.478 bits per heavy atom. The summed E-state index contributed by atoms with van der Waals surface area (Å²) in [5.41, 5.74) is 17.0. The van der Waals surface area contributed by atoms with Gasteiger partial charge >= 0.3 is 17.9 Å². The molecular weight excluding hydrogens is 1140 g/mol. The SMILES string of the molecule is [2H]c1c2c(c([2H])c(OC)c1OC([2H])([2H])[2H])C1([2H])N(CC2)C([2H])([2H])C([2H])(CC(C)C)C(OC(=O)[C@@H](N)C(C)C)C1([2H])[2H].[2H]c1c2c(c([2H])c(OC)c1OC([2H])([2H])[2H])C1N(CC2)C([2H])([2H])C([2H])(CC(C)C)C([2H])(OC(=O)[C@@H](N)C(C)C)C1([2H])[2H].[2H]c1c2c(c([2H])c(OC)c1OC)C1([2H])N(CC2)C([2H])([2H])C([2H])(CC(C)C)C(OC(=O)[C@@H](N)C(C)C)C1([2H])[2H]. The number of ether oxygens (including phenoxy) is 9. The highest BCUT2D eigenvalue weighted by Gasteiger charge is 2.45. The van der Waals surface area contributed by atoms with Crippen LogP contribution in [0.25, 0.3) is 0 Å². The van der Waals surface area contributed by atoms with Gasteiger partial charge in [-0.2, -0.15) is 0 Å². The van der Waals surface area contributed by atoms with E-state index in [4.69, 9.17) is 84.5 Å². The Kier molecular flexibility index (Phi) is 14.7. The van der Waals surface area contributed by atoms with E-state index in [0.29, 0.717) is 0 Å². The monoisotopic (exact) mass is 1290 g/mol. The third-order valence-corrected chi connectivity index (χ3v) is 15.5. The molecule has 6 N–H and O–H groups in total. The Bertz CT molecular complexity index is 4330. The molecule has 3 aromatic carbocycles. The molecular formula is C72H114N6O12. The van der Waals surface area contributed by atoms with Crippen molar-refractivity contribution in [3.63, 3.8) is 0 Å². The number of hydrogen-bond acceptors (Lipinski definition) is 18. The van der Waals surface area contributed by atoms with Gasteiger partial charge in [0.15, 0.2) is 34.5 Å². The molecule has 9 unspecified atom stereocenters. The Labute approximate surface area is 581 Å². The fourth-order valence-corrected chi connectivity index (χ4v) is 10.4. The molecule has 0 radical (unpaired) electrons. The second-order valence-electron chi connectivity index (χ2n) is 25.0. The minimum absolute atomic E-state index is 0.00451. The number of piperidine rings is 3. The molecule has 6 aliphatic heterocycles. The van der Waals surface area contributed by atoms with E-state index in [1.54, 1.807) is 83.1 Å². The molecule has 18 nitrogen and oxygen atoms in total. The lowest BCUT2D eigenvalue weighted by Crippen LogP contribution is -2.51. The summed E-state index contributed by atoms with van der Waals surface area (Å²) in [6.45, 7) is 11.1. The number of carbonyl (C=O) groups is 3. The first-order valence-corrected chi connectivity index (χ1v) is 30.6. The van der Waals surface area contributed by atoms with E-state index >= 15 is 0 Å². The Morgan fingerprint density at radius 2 is 0.800 bits per heavy atom. The van der Waals surface area contributed by atoms with E-state index in [0.717, 1.165) is 28.9 Å². The van der Waals surface area contributed by atoms with Crippen LogP contribution in [0, 0.1) is 53.2 Å². The number of fused-ring (bicyclic) bond motifs is 9. The number of nitrogens with zero attached hydrogens (tertiary/aromatic N) is 3. The van der Waals surface area contributed by atoms with E-state index < -0.39 is 219 Å². The van der Waals surface area contributed by atoms with Gasteiger partial charge in [-0.1, -0.05) is 83.1 Å². The maximum absolute atomic E-state index is 13.1. The van der Waals surface area contributed by atoms with Crippen LogP contribution in [0.3, 0.4) is 0 Å². The van der Waals surface area contributed by atoms with Crippen LogP contribution in [0.5, 0.6) is 34.5 Å². The lowest BCUT2D eigenvalue weighted by atomic mass is 9.79. The molecule has 90 heavy (non-hydrogen) atoms. The van der Waals surface area contributed by atoms with Gasteiger partial charge in [0.25, 0.3) is 0 Å². The van der Waals surface area contributed by atoms with Gasteiger partial charge in [0.1, 0.15) is 36.4 Å². The summed E-state index contributed by atoms with van der Waals surface area (Å²) in [4.78, 5) is 42.1. The molecule has 6 aliphatic rings. The molecule has 0 saturated carbocycles. The average molecular weight is 1290 g/mol. The third-order valence-electron chi connectivity index (χ3n) is 15.5. The molecule has 0 bridgehead atoms. The van der Waals surface area contributed by atoms with Crippen molar-refractivity contribution in [2.75, 3.05) is 81.6 Å². The van der Waals surface area contributed by atoms with Gasteiger partial charge in [-0.05, 0) is 144 Å². The van der Waals surface area contributed by atoms with Gasteiger partial charge in [-0.3, -0.25) is 29.1 Å². The van der Waals surface area contributed by atoms with Crippen molar-refractivity contribution < 1.29 is 98.1 Å². The highest BCUT2D eigenvalue weighted by Crippen LogP contribution is 2.48. The van der Waals surface area contributed by atoms with Crippen LogP contribution in [0.15, 0.2) is 36.3 Å². The van der Waals surface area contributed by atoms with Gasteiger partial charge in [-0.25, -0.2) is 0 Å². The van der Waals surface area contributed by atoms with Gasteiger partial charge in [0, 0.05) is 115 Å². The number of hydrogen-bond donors (Lipinski definition) is 3. The molecule has 0 amide bonds. The first-order valence-electron chi connectivity index (χ1n) is 45.6. The van der Waals surface area contributed by atoms with E-state index in [2.05, 4.69) is 0 Å². The fraction of sp³-hybridized carbons (Fsp3) is 0.708. The standard InChI is InChI=1S/3C24H38N2O4/c3*1-14(2)9-17-13-26-8-7-16-10-21(28-5)22(29-6)11-18(16)19(26)12-20(17)30-24(27)23(25)15(3)4/h3*10-11,14-15,17,19-20,23H,7-9,12-13,25H2,1-6H3/t3*17?,19?,20?,23-/m000/s1/i5D3,10D,11D,12D2,13D2,17D,20D;5D3,10D,11D,12D2,13D2,17D,19D;10D,11D,12D2,13D2,17D,19D. The maximum Gasteiger partial charge on any atom is 0.323 e. The molecule has 3 saturated heterocycles. The molecule has 504 valence electrons. The second kappa shape index (κ2) is 32.5. The van der Waals surface area contributed by atoms with Crippen LogP contribution >= 0.6 is 0 Å². The summed E-state index contributed by atoms with van der Waals surface area (Å²) < 4.78 is 312. The zero-order valence-corrected chi connectivity index (χ0v) is 54.8. The molecule has 3 aromatic rings. The molecule has 0 aliphatic carbocycles. The third kappa shape index (κ3) is 17.5. The first-order chi connectivity index (χ1) is 54.4. The topological polar surface area (TPSA) is 222 Å². The first kappa shape index (κ1) is 40.7. The number of carbonyl (C=O) groups excluding carboxylic acids is 3. The van der Waals surface area contributed by atoms with Crippen molar-refractivity contribution >= 4 is 17.9 Å². The van der Waals surface area contributed by atoms with Crippen molar-refractivity contribution in [2.45, 2.75) is 195 Å². The van der Waals surface area contributed by atoms with Crippen molar-refractivity contribution in [3.05, 3.63) is 69.6 Å². The van der Waals surface area contributed by atoms with Crippen LogP contribution in [0.4, 0.5) is 0 Å². The summed E-state index contributed by atoms with van der Waals surface area (Å²) in [5, 5.41) is 0. The lowest BCUT2D eigenvalue weighted by molar-refractivity contribution is -0.161. The Balaban J connectivity index is 0.000000248. The molecule has 9 rings (SSSR count). The molecule has 18 heteroatoms. The number of methoxy groups -OCH3 is 6. The van der Waals surface area contributed by atoms with Crippen LogP contribution in [-0.2, 0) is 47.9 Å². The zero-order valence-electron chi connectivity index (χ0n) is 84.8. The molecule has 3 fully saturated rings. The van der Waals surface area contributed by atoms with Crippen LogP contribution in [0.1, 0.15) is 214 Å². The summed E-state index contributed by atoms with van der Waals surface area (Å²) >= 11 is 0. The van der Waals surface area contributed by atoms with E-state index in [9.17, 15) is 30.8 Å². The van der Waals surface area contributed by atoms with Crippen molar-refractivity contribution in [1.29, 1.82) is 0 Å². The van der Waals surface area contributed by atoms with Gasteiger partial charge in [0.05, 0.1) is 63.1 Å². The van der Waals surface area contributed by atoms with Crippen molar-refractivity contribution in [3.8, 4) is 34.5 Å². The molecule has 0 spiro atoms. The Morgan fingerprint density at radius 3 is 1.17 bits per heavy atom. The summed E-state index contributed by atoms with van der Waals surface area (Å²) in [5.74, 6) is -15.4. The minimum atomic E-state index is -3.18.